The molecule has 0 saturated carbocycles. The molecule has 2 saturated heterocycles. The van der Waals surface area contributed by atoms with Gasteiger partial charge in [0.05, 0.1) is 0 Å². The SMILES string of the molecule is CC1CCCN(C(=O)N2CCN(C(C)C(=O)O)CC2)C1C. The van der Waals surface area contributed by atoms with Crippen LogP contribution in [0.25, 0.3) is 0 Å². The van der Waals surface area contributed by atoms with Crippen molar-refractivity contribution in [3.05, 3.63) is 0 Å². The summed E-state index contributed by atoms with van der Waals surface area (Å²) in [4.78, 5) is 29.4. The van der Waals surface area contributed by atoms with E-state index in [0.717, 1.165) is 13.0 Å². The third-order valence-corrected chi connectivity index (χ3v) is 5.11. The third kappa shape index (κ3) is 3.48. The number of hydrogen-bond acceptors (Lipinski definition) is 3. The fourth-order valence-corrected chi connectivity index (χ4v) is 3.24. The molecule has 6 heteroatoms. The molecule has 120 valence electrons. The van der Waals surface area contributed by atoms with Gasteiger partial charge in [0.2, 0.25) is 0 Å². The lowest BCUT2D eigenvalue weighted by molar-refractivity contribution is -0.143. The minimum Gasteiger partial charge on any atom is -0.480 e. The first-order valence-electron chi connectivity index (χ1n) is 7.94. The van der Waals surface area contributed by atoms with Crippen LogP contribution in [0.2, 0.25) is 0 Å². The summed E-state index contributed by atoms with van der Waals surface area (Å²) in [5.74, 6) is -0.246. The van der Waals surface area contributed by atoms with Crippen LogP contribution in [0.1, 0.15) is 33.6 Å². The molecule has 0 bridgehead atoms. The molecule has 6 nitrogen and oxygen atoms in total. The van der Waals surface area contributed by atoms with E-state index in [-0.39, 0.29) is 6.03 Å². The Labute approximate surface area is 126 Å². The molecule has 0 aromatic rings. The molecule has 2 aliphatic heterocycles. The van der Waals surface area contributed by atoms with E-state index in [2.05, 4.69) is 13.8 Å². The summed E-state index contributed by atoms with van der Waals surface area (Å²) in [5, 5.41) is 9.05. The summed E-state index contributed by atoms with van der Waals surface area (Å²) in [7, 11) is 0. The number of rotatable bonds is 2. The summed E-state index contributed by atoms with van der Waals surface area (Å²) in [6, 6.07) is -0.0601. The first-order valence-corrected chi connectivity index (χ1v) is 7.94. The first-order chi connectivity index (χ1) is 9.91. The van der Waals surface area contributed by atoms with Gasteiger partial charge in [0.15, 0.2) is 0 Å². The van der Waals surface area contributed by atoms with Crippen molar-refractivity contribution >= 4 is 12.0 Å². The summed E-state index contributed by atoms with van der Waals surface area (Å²) in [5.41, 5.74) is 0. The second-order valence-corrected chi connectivity index (χ2v) is 6.37. The van der Waals surface area contributed by atoms with Crippen LogP contribution in [0.5, 0.6) is 0 Å². The van der Waals surface area contributed by atoms with Crippen molar-refractivity contribution in [3.63, 3.8) is 0 Å². The lowest BCUT2D eigenvalue weighted by atomic mass is 9.92. The zero-order valence-corrected chi connectivity index (χ0v) is 13.3. The summed E-state index contributed by atoms with van der Waals surface area (Å²) < 4.78 is 0. The highest BCUT2D eigenvalue weighted by Gasteiger charge is 2.33. The van der Waals surface area contributed by atoms with Crippen LogP contribution in [-0.2, 0) is 4.79 Å². The molecule has 0 aromatic heterocycles. The number of carboxylic acids is 1. The van der Waals surface area contributed by atoms with Crippen molar-refractivity contribution in [2.45, 2.75) is 45.7 Å². The van der Waals surface area contributed by atoms with Crippen LogP contribution in [0, 0.1) is 5.92 Å². The van der Waals surface area contributed by atoms with Crippen LogP contribution >= 0.6 is 0 Å². The van der Waals surface area contributed by atoms with Crippen molar-refractivity contribution in [3.8, 4) is 0 Å². The molecule has 2 fully saturated rings. The lowest BCUT2D eigenvalue weighted by Gasteiger charge is -2.43. The number of piperazine rings is 1. The van der Waals surface area contributed by atoms with Gasteiger partial charge in [-0.25, -0.2) is 4.79 Å². The fourth-order valence-electron chi connectivity index (χ4n) is 3.24. The molecular formula is C15H27N3O3. The summed E-state index contributed by atoms with van der Waals surface area (Å²) >= 11 is 0. The number of likely N-dealkylation sites (tertiary alicyclic amines) is 1. The van der Waals surface area contributed by atoms with Gasteiger partial charge in [-0.15, -0.1) is 0 Å². The van der Waals surface area contributed by atoms with Gasteiger partial charge in [-0.3, -0.25) is 9.69 Å². The molecule has 3 unspecified atom stereocenters. The van der Waals surface area contributed by atoms with Gasteiger partial charge in [-0.2, -0.15) is 0 Å². The Kier molecular flexibility index (Phi) is 5.08. The van der Waals surface area contributed by atoms with Crippen molar-refractivity contribution in [1.29, 1.82) is 0 Å². The van der Waals surface area contributed by atoms with E-state index in [1.807, 2.05) is 14.7 Å². The maximum absolute atomic E-state index is 12.6. The molecule has 0 radical (unpaired) electrons. The second-order valence-electron chi connectivity index (χ2n) is 6.37. The third-order valence-electron chi connectivity index (χ3n) is 5.11. The Bertz CT molecular complexity index is 394. The van der Waals surface area contributed by atoms with E-state index in [1.165, 1.54) is 6.42 Å². The van der Waals surface area contributed by atoms with Crippen molar-refractivity contribution < 1.29 is 14.7 Å². The van der Waals surface area contributed by atoms with E-state index in [1.54, 1.807) is 6.92 Å². The standard InChI is InChI=1S/C15H27N3O3/c1-11-5-4-6-18(12(11)2)15(21)17-9-7-16(8-10-17)13(3)14(19)20/h11-13H,4-10H2,1-3H3,(H,19,20). The average molecular weight is 297 g/mol. The normalized spacial score (nSPS) is 29.3. The van der Waals surface area contributed by atoms with Crippen LogP contribution in [0.4, 0.5) is 4.79 Å². The van der Waals surface area contributed by atoms with Gasteiger partial charge in [0.25, 0.3) is 0 Å². The van der Waals surface area contributed by atoms with E-state index < -0.39 is 12.0 Å². The van der Waals surface area contributed by atoms with Gasteiger partial charge < -0.3 is 14.9 Å². The zero-order chi connectivity index (χ0) is 15.6. The zero-order valence-electron chi connectivity index (χ0n) is 13.3. The van der Waals surface area contributed by atoms with Gasteiger partial charge in [0, 0.05) is 38.8 Å². The molecule has 0 spiro atoms. The molecule has 1 N–H and O–H groups in total. The number of carboxylic acid groups (broad SMARTS) is 1. The lowest BCUT2D eigenvalue weighted by Crippen LogP contribution is -2.58. The number of carbonyl (C=O) groups excluding carboxylic acids is 1. The van der Waals surface area contributed by atoms with Crippen LogP contribution in [-0.4, -0.2) is 76.6 Å². The van der Waals surface area contributed by atoms with Gasteiger partial charge in [0.1, 0.15) is 6.04 Å². The Morgan fingerprint density at radius 1 is 1.10 bits per heavy atom. The highest BCUT2D eigenvalue weighted by Crippen LogP contribution is 2.24. The van der Waals surface area contributed by atoms with Gasteiger partial charge in [-0.1, -0.05) is 6.92 Å². The topological polar surface area (TPSA) is 64.1 Å². The summed E-state index contributed by atoms with van der Waals surface area (Å²) in [6.07, 6.45) is 2.27. The summed E-state index contributed by atoms with van der Waals surface area (Å²) in [6.45, 7) is 9.39. The molecule has 2 heterocycles. The maximum atomic E-state index is 12.6. The number of aliphatic carboxylic acids is 1. The van der Waals surface area contributed by atoms with Gasteiger partial charge >= 0.3 is 12.0 Å². The van der Waals surface area contributed by atoms with Crippen LogP contribution in [0.15, 0.2) is 0 Å². The van der Waals surface area contributed by atoms with E-state index in [0.29, 0.717) is 38.1 Å². The highest BCUT2D eigenvalue weighted by molar-refractivity contribution is 5.75. The Morgan fingerprint density at radius 3 is 2.29 bits per heavy atom. The maximum Gasteiger partial charge on any atom is 0.320 e. The van der Waals surface area contributed by atoms with E-state index in [4.69, 9.17) is 5.11 Å². The van der Waals surface area contributed by atoms with E-state index in [9.17, 15) is 9.59 Å². The molecular weight excluding hydrogens is 270 g/mol. The number of amides is 2. The molecule has 2 aliphatic rings. The average Bonchev–Trinajstić information content (AvgIpc) is 2.48. The largest absolute Gasteiger partial charge is 0.480 e. The molecule has 0 aromatic carbocycles. The smallest absolute Gasteiger partial charge is 0.320 e. The number of carbonyl (C=O) groups is 2. The van der Waals surface area contributed by atoms with Crippen LogP contribution < -0.4 is 0 Å². The number of piperidine rings is 1. The predicted molar refractivity (Wildman–Crippen MR) is 80.2 cm³/mol. The molecule has 3 atom stereocenters. The molecule has 21 heavy (non-hydrogen) atoms. The number of nitrogens with zero attached hydrogens (tertiary/aromatic N) is 3. The minimum absolute atomic E-state index is 0.122. The Balaban J connectivity index is 1.89. The molecule has 2 amide bonds. The van der Waals surface area contributed by atoms with Crippen molar-refractivity contribution in [2.24, 2.45) is 5.92 Å². The molecule has 2 rings (SSSR count). The fraction of sp³-hybridized carbons (Fsp3) is 0.867. The predicted octanol–water partition coefficient (Wildman–Crippen LogP) is 1.32. The first kappa shape index (κ1) is 16.1. The van der Waals surface area contributed by atoms with Crippen molar-refractivity contribution in [1.82, 2.24) is 14.7 Å². The highest BCUT2D eigenvalue weighted by atomic mass is 16.4. The van der Waals surface area contributed by atoms with Crippen LogP contribution in [0.3, 0.4) is 0 Å². The minimum atomic E-state index is -0.798. The number of urea groups is 1. The number of hydrogen-bond donors (Lipinski definition) is 1. The van der Waals surface area contributed by atoms with Gasteiger partial charge in [-0.05, 0) is 32.6 Å². The van der Waals surface area contributed by atoms with Crippen molar-refractivity contribution in [2.75, 3.05) is 32.7 Å². The Morgan fingerprint density at radius 2 is 1.71 bits per heavy atom. The molecule has 0 aliphatic carbocycles. The monoisotopic (exact) mass is 297 g/mol. The van der Waals surface area contributed by atoms with E-state index >= 15 is 0 Å². The quantitative estimate of drug-likeness (QED) is 0.835. The second kappa shape index (κ2) is 6.64. The Hall–Kier alpha value is -1.30.